The number of hydrogen-bond donors (Lipinski definition) is 0. The van der Waals surface area contributed by atoms with Crippen molar-refractivity contribution in [3.8, 4) is 0 Å². The maximum atomic E-state index is 12.2. The molecule has 0 bridgehead atoms. The average molecular weight is 256 g/mol. The van der Waals surface area contributed by atoms with Gasteiger partial charge >= 0.3 is 5.97 Å². The van der Waals surface area contributed by atoms with Crippen molar-refractivity contribution in [1.29, 1.82) is 0 Å². The first-order valence-electron chi connectivity index (χ1n) is 6.55. The van der Waals surface area contributed by atoms with Gasteiger partial charge in [-0.1, -0.05) is 6.92 Å². The highest BCUT2D eigenvalue weighted by atomic mass is 16.5. The van der Waals surface area contributed by atoms with Crippen molar-refractivity contribution in [2.45, 2.75) is 45.7 Å². The Bertz CT molecular complexity index is 328. The van der Waals surface area contributed by atoms with Crippen molar-refractivity contribution >= 4 is 11.9 Å². The molecule has 104 valence electrons. The highest BCUT2D eigenvalue weighted by Gasteiger charge is 2.45. The van der Waals surface area contributed by atoms with E-state index in [9.17, 15) is 9.59 Å². The first-order chi connectivity index (χ1) is 8.36. The van der Waals surface area contributed by atoms with E-state index < -0.39 is 5.54 Å². The number of piperazine rings is 1. The van der Waals surface area contributed by atoms with Crippen LogP contribution in [0.5, 0.6) is 0 Å². The van der Waals surface area contributed by atoms with E-state index in [4.69, 9.17) is 4.74 Å². The standard InChI is InChI=1S/C13H24N2O3/c1-6-10(11(16)18-7-2)15-9-8-14(5)12(17)13(15,3)4/h10H,6-9H2,1-5H3. The average Bonchev–Trinajstić information content (AvgIpc) is 2.31. The fourth-order valence-electron chi connectivity index (χ4n) is 2.53. The van der Waals surface area contributed by atoms with E-state index in [1.54, 1.807) is 18.9 Å². The molecule has 1 atom stereocenters. The lowest BCUT2D eigenvalue weighted by Gasteiger charge is -2.47. The first-order valence-corrected chi connectivity index (χ1v) is 6.55. The molecule has 0 aliphatic carbocycles. The maximum Gasteiger partial charge on any atom is 0.323 e. The van der Waals surface area contributed by atoms with Gasteiger partial charge in [0.1, 0.15) is 6.04 Å². The van der Waals surface area contributed by atoms with E-state index in [-0.39, 0.29) is 17.9 Å². The minimum Gasteiger partial charge on any atom is -0.465 e. The molecule has 0 aromatic carbocycles. The largest absolute Gasteiger partial charge is 0.465 e. The zero-order valence-corrected chi connectivity index (χ0v) is 12.0. The number of ether oxygens (including phenoxy) is 1. The first kappa shape index (κ1) is 15.0. The van der Waals surface area contributed by atoms with Crippen molar-refractivity contribution in [3.05, 3.63) is 0 Å². The smallest absolute Gasteiger partial charge is 0.323 e. The number of nitrogens with zero attached hydrogens (tertiary/aromatic N) is 2. The summed E-state index contributed by atoms with van der Waals surface area (Å²) in [5, 5.41) is 0. The molecule has 0 spiro atoms. The monoisotopic (exact) mass is 256 g/mol. The molecular formula is C13H24N2O3. The number of likely N-dealkylation sites (N-methyl/N-ethyl adjacent to an activating group) is 1. The van der Waals surface area contributed by atoms with Crippen molar-refractivity contribution in [1.82, 2.24) is 9.80 Å². The summed E-state index contributed by atoms with van der Waals surface area (Å²) in [4.78, 5) is 27.8. The molecule has 1 fully saturated rings. The van der Waals surface area contributed by atoms with E-state index in [0.29, 0.717) is 26.1 Å². The minimum absolute atomic E-state index is 0.0523. The summed E-state index contributed by atoms with van der Waals surface area (Å²) in [5.41, 5.74) is -0.652. The number of carbonyl (C=O) groups excluding carboxylic acids is 2. The molecule has 18 heavy (non-hydrogen) atoms. The lowest BCUT2D eigenvalue weighted by molar-refractivity contribution is -0.161. The molecule has 1 rings (SSSR count). The summed E-state index contributed by atoms with van der Waals surface area (Å²) in [6.07, 6.45) is 0.652. The summed E-state index contributed by atoms with van der Waals surface area (Å²) in [6.45, 7) is 9.20. The Labute approximate surface area is 109 Å². The fraction of sp³-hybridized carbons (Fsp3) is 0.846. The Balaban J connectivity index is 2.92. The van der Waals surface area contributed by atoms with E-state index in [1.165, 1.54) is 0 Å². The second kappa shape index (κ2) is 5.69. The Morgan fingerprint density at radius 2 is 2.00 bits per heavy atom. The molecule has 0 N–H and O–H groups in total. The molecule has 0 saturated carbocycles. The molecular weight excluding hydrogens is 232 g/mol. The molecule has 1 saturated heterocycles. The Morgan fingerprint density at radius 3 is 2.50 bits per heavy atom. The van der Waals surface area contributed by atoms with Crippen LogP contribution in [-0.4, -0.2) is 60.0 Å². The second-order valence-electron chi connectivity index (χ2n) is 5.16. The predicted octanol–water partition coefficient (Wildman–Crippen LogP) is 0.881. The molecule has 1 aliphatic heterocycles. The van der Waals surface area contributed by atoms with Crippen LogP contribution in [0.2, 0.25) is 0 Å². The van der Waals surface area contributed by atoms with E-state index >= 15 is 0 Å². The summed E-state index contributed by atoms with van der Waals surface area (Å²) >= 11 is 0. The third kappa shape index (κ3) is 2.66. The van der Waals surface area contributed by atoms with Crippen LogP contribution in [0.1, 0.15) is 34.1 Å². The van der Waals surface area contributed by atoms with Crippen LogP contribution < -0.4 is 0 Å². The molecule has 0 radical (unpaired) electrons. The maximum absolute atomic E-state index is 12.2. The lowest BCUT2D eigenvalue weighted by Crippen LogP contribution is -2.66. The van der Waals surface area contributed by atoms with Gasteiger partial charge in [0.25, 0.3) is 0 Å². The van der Waals surface area contributed by atoms with Gasteiger partial charge in [0.2, 0.25) is 5.91 Å². The van der Waals surface area contributed by atoms with Gasteiger partial charge in [-0.05, 0) is 27.2 Å². The number of amides is 1. The van der Waals surface area contributed by atoms with Crippen LogP contribution in [0.4, 0.5) is 0 Å². The summed E-state index contributed by atoms with van der Waals surface area (Å²) < 4.78 is 5.10. The molecule has 1 heterocycles. The summed E-state index contributed by atoms with van der Waals surface area (Å²) in [6, 6.07) is -0.336. The highest BCUT2D eigenvalue weighted by Crippen LogP contribution is 2.25. The molecule has 0 aromatic rings. The van der Waals surface area contributed by atoms with Gasteiger partial charge in [-0.15, -0.1) is 0 Å². The van der Waals surface area contributed by atoms with Crippen LogP contribution >= 0.6 is 0 Å². The van der Waals surface area contributed by atoms with Crippen LogP contribution in [-0.2, 0) is 14.3 Å². The quantitative estimate of drug-likeness (QED) is 0.701. The van der Waals surface area contributed by atoms with E-state index in [1.807, 2.05) is 25.7 Å². The minimum atomic E-state index is -0.652. The van der Waals surface area contributed by atoms with Gasteiger partial charge in [-0.25, -0.2) is 0 Å². The zero-order chi connectivity index (χ0) is 13.9. The third-order valence-electron chi connectivity index (χ3n) is 3.59. The zero-order valence-electron chi connectivity index (χ0n) is 12.0. The topological polar surface area (TPSA) is 49.9 Å². The number of esters is 1. The third-order valence-corrected chi connectivity index (χ3v) is 3.59. The number of hydrogen-bond acceptors (Lipinski definition) is 4. The van der Waals surface area contributed by atoms with Crippen LogP contribution in [0.15, 0.2) is 0 Å². The molecule has 1 aliphatic rings. The van der Waals surface area contributed by atoms with Gasteiger partial charge in [0.05, 0.1) is 12.1 Å². The Hall–Kier alpha value is -1.10. The van der Waals surface area contributed by atoms with Crippen LogP contribution in [0, 0.1) is 0 Å². The van der Waals surface area contributed by atoms with Crippen molar-refractivity contribution in [3.63, 3.8) is 0 Å². The lowest BCUT2D eigenvalue weighted by atomic mass is 9.94. The van der Waals surface area contributed by atoms with Gasteiger partial charge in [-0.2, -0.15) is 0 Å². The number of rotatable bonds is 4. The molecule has 0 aromatic heterocycles. The van der Waals surface area contributed by atoms with Crippen LogP contribution in [0.3, 0.4) is 0 Å². The molecule has 5 nitrogen and oxygen atoms in total. The van der Waals surface area contributed by atoms with Gasteiger partial charge in [-0.3, -0.25) is 14.5 Å². The second-order valence-corrected chi connectivity index (χ2v) is 5.16. The van der Waals surface area contributed by atoms with Crippen molar-refractivity contribution in [2.24, 2.45) is 0 Å². The normalized spacial score (nSPS) is 21.8. The van der Waals surface area contributed by atoms with E-state index in [2.05, 4.69) is 0 Å². The van der Waals surface area contributed by atoms with Crippen LogP contribution in [0.25, 0.3) is 0 Å². The predicted molar refractivity (Wildman–Crippen MR) is 69.1 cm³/mol. The highest BCUT2D eigenvalue weighted by molar-refractivity contribution is 5.87. The molecule has 1 amide bonds. The number of carbonyl (C=O) groups is 2. The molecule has 5 heteroatoms. The SMILES string of the molecule is CCOC(=O)C(CC)N1CCN(C)C(=O)C1(C)C. The van der Waals surface area contributed by atoms with Gasteiger partial charge in [0, 0.05) is 20.1 Å². The van der Waals surface area contributed by atoms with Gasteiger partial charge < -0.3 is 9.64 Å². The Kier molecular flexibility index (Phi) is 4.73. The molecule has 1 unspecified atom stereocenters. The van der Waals surface area contributed by atoms with Crippen molar-refractivity contribution < 1.29 is 14.3 Å². The summed E-state index contributed by atoms with van der Waals surface area (Å²) in [7, 11) is 1.80. The van der Waals surface area contributed by atoms with E-state index in [0.717, 1.165) is 0 Å². The van der Waals surface area contributed by atoms with Gasteiger partial charge in [0.15, 0.2) is 0 Å². The fourth-order valence-corrected chi connectivity index (χ4v) is 2.53. The summed E-state index contributed by atoms with van der Waals surface area (Å²) in [5.74, 6) is -0.179. The van der Waals surface area contributed by atoms with Crippen molar-refractivity contribution in [2.75, 3.05) is 26.7 Å². The Morgan fingerprint density at radius 1 is 1.39 bits per heavy atom.